The molecule has 2 nitrogen and oxygen atoms in total. The van der Waals surface area contributed by atoms with Crippen LogP contribution in [0, 0.1) is 0 Å². The Hall–Kier alpha value is -0.890. The molecule has 2 aliphatic rings. The number of ether oxygens (including phenoxy) is 1. The van der Waals surface area contributed by atoms with Crippen molar-refractivity contribution in [1.82, 2.24) is 0 Å². The number of carbonyl (C=O) groups is 1. The molecule has 64 valence electrons. The summed E-state index contributed by atoms with van der Waals surface area (Å²) in [5, 5.41) is 0. The van der Waals surface area contributed by atoms with Crippen LogP contribution in [0.1, 0.15) is 19.8 Å². The third-order valence-electron chi connectivity index (χ3n) is 2.23. The zero-order valence-corrected chi connectivity index (χ0v) is 7.12. The zero-order valence-electron chi connectivity index (χ0n) is 7.12. The van der Waals surface area contributed by atoms with Crippen molar-refractivity contribution in [3.8, 4) is 0 Å². The maximum atomic E-state index is 11.5. The fraction of sp³-hybridized carbons (Fsp3) is 0.500. The molecule has 0 saturated heterocycles. The number of Topliss-reactive ketones (excluding diaryl/α,β-unsaturated/α-hetero) is 1. The zero-order chi connectivity index (χ0) is 8.55. The summed E-state index contributed by atoms with van der Waals surface area (Å²) in [5.74, 6) is 0.245. The van der Waals surface area contributed by atoms with Gasteiger partial charge in [-0.2, -0.15) is 0 Å². The van der Waals surface area contributed by atoms with E-state index in [1.165, 1.54) is 0 Å². The normalized spacial score (nSPS) is 30.9. The largest absolute Gasteiger partial charge is 0.358 e. The quantitative estimate of drug-likeness (QED) is 0.592. The molecule has 0 radical (unpaired) electrons. The monoisotopic (exact) mass is 164 g/mol. The van der Waals surface area contributed by atoms with Gasteiger partial charge in [0, 0.05) is 12.0 Å². The molecule has 2 rings (SSSR count). The van der Waals surface area contributed by atoms with Gasteiger partial charge in [-0.05, 0) is 12.5 Å². The molecule has 12 heavy (non-hydrogen) atoms. The molecule has 2 atom stereocenters. The van der Waals surface area contributed by atoms with Crippen LogP contribution in [-0.4, -0.2) is 18.0 Å². The molecule has 0 aliphatic carbocycles. The summed E-state index contributed by atoms with van der Waals surface area (Å²) in [5.41, 5.74) is 0.865. The van der Waals surface area contributed by atoms with Crippen molar-refractivity contribution in [2.75, 3.05) is 0 Å². The topological polar surface area (TPSA) is 26.3 Å². The van der Waals surface area contributed by atoms with E-state index in [0.29, 0.717) is 6.42 Å². The van der Waals surface area contributed by atoms with E-state index in [1.807, 2.05) is 25.2 Å². The van der Waals surface area contributed by atoms with E-state index in [0.717, 1.165) is 12.0 Å². The lowest BCUT2D eigenvalue weighted by molar-refractivity contribution is -0.116. The van der Waals surface area contributed by atoms with E-state index in [2.05, 4.69) is 0 Å². The summed E-state index contributed by atoms with van der Waals surface area (Å²) >= 11 is 0. The summed E-state index contributed by atoms with van der Waals surface area (Å²) in [7, 11) is 0. The minimum Gasteiger partial charge on any atom is -0.358 e. The maximum Gasteiger partial charge on any atom is 0.161 e. The summed E-state index contributed by atoms with van der Waals surface area (Å²) in [4.78, 5) is 11.5. The van der Waals surface area contributed by atoms with Crippen molar-refractivity contribution in [3.63, 3.8) is 0 Å². The molecule has 0 aromatic rings. The Morgan fingerprint density at radius 2 is 2.42 bits per heavy atom. The lowest BCUT2D eigenvalue weighted by Gasteiger charge is -2.05. The van der Waals surface area contributed by atoms with Crippen molar-refractivity contribution >= 4 is 5.78 Å². The van der Waals surface area contributed by atoms with Crippen molar-refractivity contribution in [2.45, 2.75) is 32.0 Å². The second-order valence-corrected chi connectivity index (χ2v) is 3.20. The Bertz CT molecular complexity index is 263. The van der Waals surface area contributed by atoms with Crippen LogP contribution in [0.25, 0.3) is 0 Å². The predicted octanol–water partition coefficient (Wildman–Crippen LogP) is 1.62. The van der Waals surface area contributed by atoms with Gasteiger partial charge in [-0.15, -0.1) is 0 Å². The Morgan fingerprint density at radius 1 is 1.58 bits per heavy atom. The highest BCUT2D eigenvalue weighted by molar-refractivity contribution is 5.97. The molecular formula is C10H12O2. The summed E-state index contributed by atoms with van der Waals surface area (Å²) in [6, 6.07) is 0. The van der Waals surface area contributed by atoms with Crippen LogP contribution >= 0.6 is 0 Å². The molecule has 0 amide bonds. The van der Waals surface area contributed by atoms with E-state index < -0.39 is 0 Å². The molecule has 0 fully saturated rings. The average Bonchev–Trinajstić information content (AvgIpc) is 2.64. The molecule has 0 saturated carbocycles. The van der Waals surface area contributed by atoms with E-state index in [9.17, 15) is 4.79 Å². The number of rotatable bonds is 3. The fourth-order valence-corrected chi connectivity index (χ4v) is 1.64. The maximum absolute atomic E-state index is 11.5. The number of hydrogen-bond donors (Lipinski definition) is 0. The van der Waals surface area contributed by atoms with Gasteiger partial charge < -0.3 is 4.74 Å². The molecule has 2 bridgehead atoms. The molecule has 2 unspecified atom stereocenters. The first kappa shape index (κ1) is 7.74. The van der Waals surface area contributed by atoms with Crippen molar-refractivity contribution in [1.29, 1.82) is 0 Å². The van der Waals surface area contributed by atoms with Crippen LogP contribution in [0.4, 0.5) is 0 Å². The molecule has 2 heteroatoms. The van der Waals surface area contributed by atoms with Crippen LogP contribution in [0.3, 0.4) is 0 Å². The SMILES string of the molecule is CCCC(=O)C1=CC2C=CC1O2. The number of fused-ring (bicyclic) bond motifs is 2. The standard InChI is InChI=1S/C10H12O2/c1-2-3-9(11)8-6-7-4-5-10(8)12-7/h4-7,10H,2-3H2,1H3. The van der Waals surface area contributed by atoms with E-state index in [1.54, 1.807) is 0 Å². The van der Waals surface area contributed by atoms with Crippen LogP contribution in [-0.2, 0) is 9.53 Å². The van der Waals surface area contributed by atoms with Crippen molar-refractivity contribution in [2.24, 2.45) is 0 Å². The van der Waals surface area contributed by atoms with Gasteiger partial charge in [-0.25, -0.2) is 0 Å². The van der Waals surface area contributed by atoms with Gasteiger partial charge >= 0.3 is 0 Å². The molecular weight excluding hydrogens is 152 g/mol. The average molecular weight is 164 g/mol. The Morgan fingerprint density at radius 3 is 2.92 bits per heavy atom. The number of ketones is 1. The summed E-state index contributed by atoms with van der Waals surface area (Å²) in [6.07, 6.45) is 7.49. The minimum atomic E-state index is -0.0333. The van der Waals surface area contributed by atoms with Gasteiger partial charge in [-0.3, -0.25) is 4.79 Å². The second kappa shape index (κ2) is 2.87. The van der Waals surface area contributed by atoms with Gasteiger partial charge in [0.15, 0.2) is 5.78 Å². The highest BCUT2D eigenvalue weighted by Gasteiger charge is 2.31. The Balaban J connectivity index is 2.07. The fourth-order valence-electron chi connectivity index (χ4n) is 1.64. The third-order valence-corrected chi connectivity index (χ3v) is 2.23. The van der Waals surface area contributed by atoms with E-state index >= 15 is 0 Å². The highest BCUT2D eigenvalue weighted by atomic mass is 16.5. The van der Waals surface area contributed by atoms with Crippen LogP contribution in [0.5, 0.6) is 0 Å². The first-order valence-corrected chi connectivity index (χ1v) is 4.40. The van der Waals surface area contributed by atoms with Crippen LogP contribution < -0.4 is 0 Å². The first-order valence-electron chi connectivity index (χ1n) is 4.40. The molecule has 2 heterocycles. The molecule has 0 N–H and O–H groups in total. The summed E-state index contributed by atoms with van der Waals surface area (Å²) in [6.45, 7) is 2.02. The first-order chi connectivity index (χ1) is 5.81. The highest BCUT2D eigenvalue weighted by Crippen LogP contribution is 2.28. The lowest BCUT2D eigenvalue weighted by Crippen LogP contribution is -2.12. The smallest absolute Gasteiger partial charge is 0.161 e. The number of hydrogen-bond acceptors (Lipinski definition) is 2. The van der Waals surface area contributed by atoms with Gasteiger partial charge in [0.05, 0.1) is 6.10 Å². The Kier molecular flexibility index (Phi) is 1.85. The lowest BCUT2D eigenvalue weighted by atomic mass is 9.99. The van der Waals surface area contributed by atoms with Gasteiger partial charge in [0.1, 0.15) is 6.10 Å². The van der Waals surface area contributed by atoms with Crippen LogP contribution in [0.15, 0.2) is 23.8 Å². The van der Waals surface area contributed by atoms with Crippen LogP contribution in [0.2, 0.25) is 0 Å². The van der Waals surface area contributed by atoms with E-state index in [4.69, 9.17) is 4.74 Å². The van der Waals surface area contributed by atoms with Gasteiger partial charge in [0.2, 0.25) is 0 Å². The third kappa shape index (κ3) is 1.12. The van der Waals surface area contributed by atoms with Crippen molar-refractivity contribution < 1.29 is 9.53 Å². The molecule has 2 aliphatic heterocycles. The number of carbonyl (C=O) groups excluding carboxylic acids is 1. The second-order valence-electron chi connectivity index (χ2n) is 3.20. The molecule has 0 spiro atoms. The van der Waals surface area contributed by atoms with Gasteiger partial charge in [0.25, 0.3) is 0 Å². The summed E-state index contributed by atoms with van der Waals surface area (Å²) < 4.78 is 5.43. The minimum absolute atomic E-state index is 0.0333. The van der Waals surface area contributed by atoms with E-state index in [-0.39, 0.29) is 18.0 Å². The van der Waals surface area contributed by atoms with Crippen molar-refractivity contribution in [3.05, 3.63) is 23.8 Å². The van der Waals surface area contributed by atoms with Gasteiger partial charge in [-0.1, -0.05) is 19.1 Å². The Labute approximate surface area is 71.9 Å². The predicted molar refractivity (Wildman–Crippen MR) is 45.8 cm³/mol. The molecule has 0 aromatic carbocycles. The molecule has 0 aromatic heterocycles.